The molecule has 1 fully saturated rings. The third-order valence-corrected chi connectivity index (χ3v) is 3.08. The molecule has 1 saturated heterocycles. The van der Waals surface area contributed by atoms with Crippen LogP contribution in [0.4, 0.5) is 0 Å². The average Bonchev–Trinajstić information content (AvgIpc) is 2.25. The van der Waals surface area contributed by atoms with Gasteiger partial charge >= 0.3 is 5.97 Å². The summed E-state index contributed by atoms with van der Waals surface area (Å²) in [7, 11) is 2.15. The second-order valence-electron chi connectivity index (χ2n) is 4.31. The van der Waals surface area contributed by atoms with E-state index in [1.807, 2.05) is 0 Å². The molecular formula is C11H22N2O2. The molecular weight excluding hydrogens is 192 g/mol. The Kier molecular flexibility index (Phi) is 5.65. The molecule has 0 radical (unpaired) electrons. The summed E-state index contributed by atoms with van der Waals surface area (Å²) in [5, 5.41) is 11.9. The summed E-state index contributed by atoms with van der Waals surface area (Å²) in [6.45, 7) is 3.26. The first kappa shape index (κ1) is 12.5. The predicted molar refractivity (Wildman–Crippen MR) is 60.0 cm³/mol. The van der Waals surface area contributed by atoms with Crippen LogP contribution in [0.1, 0.15) is 32.1 Å². The molecule has 0 unspecified atom stereocenters. The van der Waals surface area contributed by atoms with Gasteiger partial charge in [0.2, 0.25) is 0 Å². The summed E-state index contributed by atoms with van der Waals surface area (Å²) < 4.78 is 0. The van der Waals surface area contributed by atoms with E-state index in [-0.39, 0.29) is 0 Å². The van der Waals surface area contributed by atoms with Crippen molar-refractivity contribution in [1.29, 1.82) is 0 Å². The number of piperidine rings is 1. The van der Waals surface area contributed by atoms with E-state index in [0.29, 0.717) is 12.5 Å². The van der Waals surface area contributed by atoms with Crippen LogP contribution in [0, 0.1) is 0 Å². The largest absolute Gasteiger partial charge is 0.481 e. The van der Waals surface area contributed by atoms with Gasteiger partial charge in [0, 0.05) is 12.5 Å². The van der Waals surface area contributed by atoms with Crippen molar-refractivity contribution in [3.05, 3.63) is 0 Å². The van der Waals surface area contributed by atoms with E-state index in [1.54, 1.807) is 0 Å². The highest BCUT2D eigenvalue weighted by Crippen LogP contribution is 2.10. The Morgan fingerprint density at radius 3 is 2.67 bits per heavy atom. The second kappa shape index (κ2) is 6.80. The topological polar surface area (TPSA) is 52.6 Å². The van der Waals surface area contributed by atoms with Crippen molar-refractivity contribution in [2.75, 3.05) is 26.7 Å². The van der Waals surface area contributed by atoms with Gasteiger partial charge in [0.05, 0.1) is 0 Å². The van der Waals surface area contributed by atoms with Crippen LogP contribution < -0.4 is 5.32 Å². The molecule has 0 atom stereocenters. The van der Waals surface area contributed by atoms with Gasteiger partial charge in [0.25, 0.3) is 0 Å². The van der Waals surface area contributed by atoms with Crippen molar-refractivity contribution < 1.29 is 9.90 Å². The Balaban J connectivity index is 2.06. The lowest BCUT2D eigenvalue weighted by atomic mass is 10.0. The lowest BCUT2D eigenvalue weighted by Gasteiger charge is -2.31. The van der Waals surface area contributed by atoms with Crippen LogP contribution in [-0.4, -0.2) is 48.7 Å². The van der Waals surface area contributed by atoms with E-state index in [9.17, 15) is 4.79 Å². The van der Waals surface area contributed by atoms with Crippen LogP contribution in [-0.2, 0) is 4.79 Å². The van der Waals surface area contributed by atoms with Crippen LogP contribution in [0.25, 0.3) is 0 Å². The van der Waals surface area contributed by atoms with Gasteiger partial charge in [-0.25, -0.2) is 0 Å². The highest BCUT2D eigenvalue weighted by Gasteiger charge is 2.16. The molecule has 0 aromatic heterocycles. The molecule has 0 aliphatic carbocycles. The lowest BCUT2D eigenvalue weighted by Crippen LogP contribution is -2.41. The molecule has 0 amide bonds. The second-order valence-corrected chi connectivity index (χ2v) is 4.31. The summed E-state index contributed by atoms with van der Waals surface area (Å²) in [5.41, 5.74) is 0. The number of aliphatic carboxylic acids is 1. The van der Waals surface area contributed by atoms with Gasteiger partial charge in [0.1, 0.15) is 0 Å². The maximum absolute atomic E-state index is 10.3. The molecule has 1 rings (SSSR count). The van der Waals surface area contributed by atoms with Gasteiger partial charge in [-0.15, -0.1) is 0 Å². The third kappa shape index (κ3) is 5.14. The maximum Gasteiger partial charge on any atom is 0.303 e. The van der Waals surface area contributed by atoms with Crippen LogP contribution in [0.2, 0.25) is 0 Å². The number of hydrogen-bond acceptors (Lipinski definition) is 3. The third-order valence-electron chi connectivity index (χ3n) is 3.08. The summed E-state index contributed by atoms with van der Waals surface area (Å²) in [6.07, 6.45) is 4.53. The lowest BCUT2D eigenvalue weighted by molar-refractivity contribution is -0.137. The molecule has 0 aromatic rings. The minimum Gasteiger partial charge on any atom is -0.481 e. The Hall–Kier alpha value is -0.610. The fourth-order valence-electron chi connectivity index (χ4n) is 2.07. The molecule has 2 N–H and O–H groups in total. The van der Waals surface area contributed by atoms with Gasteiger partial charge in [-0.2, -0.15) is 0 Å². The highest BCUT2D eigenvalue weighted by atomic mass is 16.4. The zero-order chi connectivity index (χ0) is 11.1. The fraction of sp³-hybridized carbons (Fsp3) is 0.909. The molecule has 0 spiro atoms. The number of nitrogens with zero attached hydrogens (tertiary/aromatic N) is 1. The van der Waals surface area contributed by atoms with Crippen molar-refractivity contribution in [1.82, 2.24) is 10.2 Å². The summed E-state index contributed by atoms with van der Waals surface area (Å²) >= 11 is 0. The maximum atomic E-state index is 10.3. The number of rotatable bonds is 6. The first-order valence-electron chi connectivity index (χ1n) is 5.83. The Labute approximate surface area is 91.6 Å². The Bertz CT molecular complexity index is 191. The SMILES string of the molecule is CN(CCCCC(=O)O)C1CCNCC1. The zero-order valence-corrected chi connectivity index (χ0v) is 9.54. The fourth-order valence-corrected chi connectivity index (χ4v) is 2.07. The van der Waals surface area contributed by atoms with E-state index < -0.39 is 5.97 Å². The Morgan fingerprint density at radius 1 is 1.40 bits per heavy atom. The van der Waals surface area contributed by atoms with Crippen molar-refractivity contribution >= 4 is 5.97 Å². The molecule has 15 heavy (non-hydrogen) atoms. The zero-order valence-electron chi connectivity index (χ0n) is 9.54. The normalized spacial score (nSPS) is 18.3. The minimum absolute atomic E-state index is 0.306. The molecule has 1 aliphatic rings. The van der Waals surface area contributed by atoms with Gasteiger partial charge < -0.3 is 15.3 Å². The smallest absolute Gasteiger partial charge is 0.303 e. The van der Waals surface area contributed by atoms with Crippen LogP contribution in [0.3, 0.4) is 0 Å². The molecule has 1 heterocycles. The number of carbonyl (C=O) groups is 1. The Morgan fingerprint density at radius 2 is 2.07 bits per heavy atom. The van der Waals surface area contributed by atoms with E-state index >= 15 is 0 Å². The van der Waals surface area contributed by atoms with Crippen LogP contribution >= 0.6 is 0 Å². The molecule has 0 aromatic carbocycles. The van der Waals surface area contributed by atoms with Gasteiger partial charge in [-0.1, -0.05) is 0 Å². The highest BCUT2D eigenvalue weighted by molar-refractivity contribution is 5.66. The average molecular weight is 214 g/mol. The van der Waals surface area contributed by atoms with Crippen molar-refractivity contribution in [2.24, 2.45) is 0 Å². The summed E-state index contributed by atoms with van der Waals surface area (Å²) in [6, 6.07) is 0.691. The molecule has 4 heteroatoms. The van der Waals surface area contributed by atoms with E-state index in [1.165, 1.54) is 12.8 Å². The standard InChI is InChI=1S/C11H22N2O2/c1-13(9-3-2-4-11(14)15)10-5-7-12-8-6-10/h10,12H,2-9H2,1H3,(H,14,15). The van der Waals surface area contributed by atoms with E-state index in [2.05, 4.69) is 17.3 Å². The molecule has 88 valence electrons. The monoisotopic (exact) mass is 214 g/mol. The van der Waals surface area contributed by atoms with Gasteiger partial charge in [0.15, 0.2) is 0 Å². The molecule has 0 saturated carbocycles. The first-order valence-corrected chi connectivity index (χ1v) is 5.83. The summed E-state index contributed by atoms with van der Waals surface area (Å²) in [5.74, 6) is -0.681. The van der Waals surface area contributed by atoms with E-state index in [4.69, 9.17) is 5.11 Å². The van der Waals surface area contributed by atoms with E-state index in [0.717, 1.165) is 32.5 Å². The van der Waals surface area contributed by atoms with Crippen molar-refractivity contribution in [3.63, 3.8) is 0 Å². The molecule has 1 aliphatic heterocycles. The number of carboxylic acids is 1. The quantitative estimate of drug-likeness (QED) is 0.646. The van der Waals surface area contributed by atoms with Crippen molar-refractivity contribution in [2.45, 2.75) is 38.1 Å². The number of nitrogens with one attached hydrogen (secondary N) is 1. The van der Waals surface area contributed by atoms with Gasteiger partial charge in [-0.3, -0.25) is 4.79 Å². The first-order chi connectivity index (χ1) is 7.20. The number of hydrogen-bond donors (Lipinski definition) is 2. The summed E-state index contributed by atoms with van der Waals surface area (Å²) in [4.78, 5) is 12.7. The minimum atomic E-state index is -0.681. The van der Waals surface area contributed by atoms with Gasteiger partial charge in [-0.05, 0) is 52.4 Å². The molecule has 4 nitrogen and oxygen atoms in total. The predicted octanol–water partition coefficient (Wildman–Crippen LogP) is 0.925. The number of unbranched alkanes of at least 4 members (excludes halogenated alkanes) is 1. The van der Waals surface area contributed by atoms with Crippen molar-refractivity contribution in [3.8, 4) is 0 Å². The van der Waals surface area contributed by atoms with Crippen LogP contribution in [0.5, 0.6) is 0 Å². The molecule has 0 bridgehead atoms. The van der Waals surface area contributed by atoms with Crippen LogP contribution in [0.15, 0.2) is 0 Å². The number of carboxylic acid groups (broad SMARTS) is 1.